The van der Waals surface area contributed by atoms with Crippen LogP contribution in [0.15, 0.2) is 133 Å². The molecule has 0 nitrogen and oxygen atoms in total. The Morgan fingerprint density at radius 1 is 0.549 bits per heavy atom. The average molecular weight is 831 g/mol. The van der Waals surface area contributed by atoms with Crippen molar-refractivity contribution in [3.63, 3.8) is 0 Å². The molecule has 0 N–H and O–H groups in total. The Hall–Kier alpha value is -2.83. The Kier molecular flexibility index (Phi) is 9.14. The first kappa shape index (κ1) is 35.2. The van der Waals surface area contributed by atoms with E-state index in [1.165, 1.54) is 79.7 Å². The molecule has 1 aliphatic carbocycles. The van der Waals surface area contributed by atoms with Gasteiger partial charge in [0.15, 0.2) is 0 Å². The molecule has 0 spiro atoms. The summed E-state index contributed by atoms with van der Waals surface area (Å²) in [6.07, 6.45) is 2.47. The second kappa shape index (κ2) is 13.2. The second-order valence-electron chi connectivity index (χ2n) is 16.3. The number of allylic oxidation sites excluding steroid dienone is 1. The standard InChI is InChI=1S/C33H35Si2.C12H9Si.2ClH.Zr/c1-34(2,3)29-20-28(21-30(23-29)35(4,5)6)33-31(25-15-11-8-12-16-25)18-17-26-19-27(22-32(26)33)24-13-9-7-10-14-24;1-3-7-11-9(5-1)10-6-2-4-8-12(10)13-11;;;/h7-23H,1-6H3;1-7H,13H2;2*1H;/q;;;;+2/p-2. The Morgan fingerprint density at radius 2 is 1.14 bits per heavy atom. The van der Waals surface area contributed by atoms with Crippen LogP contribution in [-0.4, -0.2) is 25.7 Å². The van der Waals surface area contributed by atoms with E-state index in [2.05, 4.69) is 179 Å². The van der Waals surface area contributed by atoms with Crippen molar-refractivity contribution in [1.29, 1.82) is 0 Å². The molecule has 1 atom stereocenters. The van der Waals surface area contributed by atoms with Crippen molar-refractivity contribution in [1.82, 2.24) is 0 Å². The Balaban J connectivity index is 1.42. The predicted octanol–water partition coefficient (Wildman–Crippen LogP) is 9.59. The van der Waals surface area contributed by atoms with Gasteiger partial charge in [0.2, 0.25) is 0 Å². The van der Waals surface area contributed by atoms with Gasteiger partial charge in [0.05, 0.1) is 0 Å². The van der Waals surface area contributed by atoms with E-state index in [9.17, 15) is 0 Å². The topological polar surface area (TPSA) is 0 Å². The number of rotatable bonds is 7. The van der Waals surface area contributed by atoms with Gasteiger partial charge < -0.3 is 0 Å². The first-order valence-corrected chi connectivity index (χ1v) is 35.5. The molecule has 0 fully saturated rings. The fourth-order valence-electron chi connectivity index (χ4n) is 8.15. The van der Waals surface area contributed by atoms with Crippen molar-refractivity contribution in [2.45, 2.75) is 42.9 Å². The van der Waals surface area contributed by atoms with E-state index < -0.39 is 43.5 Å². The molecular weight excluding hydrogens is 787 g/mol. The van der Waals surface area contributed by atoms with E-state index in [1.54, 1.807) is 0 Å². The van der Waals surface area contributed by atoms with Crippen LogP contribution in [0.25, 0.3) is 45.0 Å². The zero-order valence-corrected chi connectivity index (χ0v) is 37.7. The van der Waals surface area contributed by atoms with Crippen molar-refractivity contribution in [2.24, 2.45) is 0 Å². The molecule has 6 aromatic rings. The van der Waals surface area contributed by atoms with Gasteiger partial charge in [0.1, 0.15) is 0 Å². The van der Waals surface area contributed by atoms with Gasteiger partial charge in [-0.2, -0.15) is 0 Å². The summed E-state index contributed by atoms with van der Waals surface area (Å²) < 4.78 is 1.22. The fraction of sp³-hybridized carbons (Fsp3) is 0.156. The molecule has 6 aromatic carbocycles. The fourth-order valence-corrected chi connectivity index (χ4v) is 27.1. The number of fused-ring (bicyclic) bond motifs is 4. The molecule has 254 valence electrons. The summed E-state index contributed by atoms with van der Waals surface area (Å²) in [6, 6.07) is 49.8. The van der Waals surface area contributed by atoms with E-state index in [4.69, 9.17) is 17.0 Å². The van der Waals surface area contributed by atoms with Gasteiger partial charge in [-0.05, 0) is 0 Å². The van der Waals surface area contributed by atoms with Crippen LogP contribution in [0, 0.1) is 0 Å². The molecule has 0 amide bonds. The van der Waals surface area contributed by atoms with Gasteiger partial charge in [0.25, 0.3) is 0 Å². The van der Waals surface area contributed by atoms with Crippen molar-refractivity contribution in [3.05, 3.63) is 150 Å². The summed E-state index contributed by atoms with van der Waals surface area (Å²) in [6.45, 7) is 14.8. The second-order valence-corrected chi connectivity index (χ2v) is 42.3. The summed E-state index contributed by atoms with van der Waals surface area (Å²) >= 11 is -4.25. The molecule has 1 aliphatic heterocycles. The van der Waals surface area contributed by atoms with Gasteiger partial charge in [-0.25, -0.2) is 0 Å². The number of hydrogen-bond donors (Lipinski definition) is 0. The molecule has 0 radical (unpaired) electrons. The molecule has 6 heteroatoms. The molecular formula is C45H44Cl2Si3Zr. The molecule has 0 saturated heterocycles. The first-order chi connectivity index (χ1) is 24.3. The van der Waals surface area contributed by atoms with Crippen molar-refractivity contribution in [2.75, 3.05) is 0 Å². The monoisotopic (exact) mass is 828 g/mol. The number of benzene rings is 6. The van der Waals surface area contributed by atoms with Crippen LogP contribution in [0.2, 0.25) is 39.3 Å². The molecule has 0 saturated carbocycles. The summed E-state index contributed by atoms with van der Waals surface area (Å²) in [5.41, 5.74) is 12.9. The van der Waals surface area contributed by atoms with Crippen LogP contribution < -0.4 is 24.0 Å². The van der Waals surface area contributed by atoms with Crippen LogP contribution in [0.3, 0.4) is 0 Å². The maximum atomic E-state index is 8.16. The molecule has 51 heavy (non-hydrogen) atoms. The normalized spacial score (nSPS) is 15.8. The van der Waals surface area contributed by atoms with Gasteiger partial charge in [0, 0.05) is 0 Å². The third-order valence-electron chi connectivity index (χ3n) is 10.9. The van der Waals surface area contributed by atoms with Crippen molar-refractivity contribution < 1.29 is 17.9 Å². The minimum atomic E-state index is -4.25. The summed E-state index contributed by atoms with van der Waals surface area (Å²) in [5, 5.41) is 5.99. The Labute approximate surface area is 319 Å². The quantitative estimate of drug-likeness (QED) is 0.141. The van der Waals surface area contributed by atoms with Crippen LogP contribution in [0.4, 0.5) is 0 Å². The van der Waals surface area contributed by atoms with Gasteiger partial charge in [-0.15, -0.1) is 0 Å². The molecule has 1 unspecified atom stereocenters. The summed E-state index contributed by atoms with van der Waals surface area (Å²) in [5.74, 6) is 0. The van der Waals surface area contributed by atoms with E-state index in [1.807, 2.05) is 0 Å². The maximum absolute atomic E-state index is 8.16. The van der Waals surface area contributed by atoms with Gasteiger partial charge in [-0.1, -0.05) is 0 Å². The molecule has 0 bridgehead atoms. The van der Waals surface area contributed by atoms with Crippen LogP contribution in [0.5, 0.6) is 0 Å². The number of halogens is 2. The molecule has 1 heterocycles. The van der Waals surface area contributed by atoms with Crippen molar-refractivity contribution >= 4 is 78.4 Å². The van der Waals surface area contributed by atoms with Gasteiger partial charge >= 0.3 is 323 Å². The van der Waals surface area contributed by atoms with Crippen LogP contribution >= 0.6 is 17.0 Å². The van der Waals surface area contributed by atoms with Crippen molar-refractivity contribution in [3.8, 4) is 33.4 Å². The first-order valence-electron chi connectivity index (χ1n) is 18.1. The Bertz CT molecular complexity index is 2300. The third-order valence-corrected chi connectivity index (χ3v) is 29.2. The van der Waals surface area contributed by atoms with E-state index >= 15 is 0 Å². The number of hydrogen-bond acceptors (Lipinski definition) is 0. The zero-order chi connectivity index (χ0) is 35.7. The van der Waals surface area contributed by atoms with E-state index in [0.717, 1.165) is 0 Å². The molecule has 0 aromatic heterocycles. The van der Waals surface area contributed by atoms with E-state index in [-0.39, 0.29) is 3.63 Å². The molecule has 2 aliphatic rings. The average Bonchev–Trinajstić information content (AvgIpc) is 3.70. The summed E-state index contributed by atoms with van der Waals surface area (Å²) in [7, 11) is 12.3. The predicted molar refractivity (Wildman–Crippen MR) is 231 cm³/mol. The SMILES string of the molecule is C[Si](C)(C)c1cc(-c2c(-c3ccccc3)ccc3c2C=C(c2ccccc2)[CH]3[Zr]([Cl])([Cl])[c]2cccc3c2[SiH2]c2ccccc2-3)cc([Si](C)(C)C)c1. The summed E-state index contributed by atoms with van der Waals surface area (Å²) in [4.78, 5) is 0. The third kappa shape index (κ3) is 6.35. The van der Waals surface area contributed by atoms with E-state index in [0.29, 0.717) is 0 Å². The van der Waals surface area contributed by atoms with Crippen LogP contribution in [0.1, 0.15) is 20.3 Å². The molecule has 8 rings (SSSR count). The Morgan fingerprint density at radius 3 is 1.78 bits per heavy atom. The zero-order valence-electron chi connectivity index (χ0n) is 30.3. The minimum absolute atomic E-state index is 0.0514. The van der Waals surface area contributed by atoms with Gasteiger partial charge in [-0.3, -0.25) is 0 Å². The van der Waals surface area contributed by atoms with Crippen LogP contribution in [-0.2, 0) is 17.9 Å².